The van der Waals surface area contributed by atoms with Gasteiger partial charge in [0.15, 0.2) is 0 Å². The number of amides is 1. The van der Waals surface area contributed by atoms with Gasteiger partial charge in [0.05, 0.1) is 5.69 Å². The molecule has 1 aromatic heterocycles. The number of hydrogen-bond donors (Lipinski definition) is 1. The van der Waals surface area contributed by atoms with Crippen molar-refractivity contribution in [1.29, 1.82) is 0 Å². The number of nitrogens with one attached hydrogen (secondary N) is 1. The van der Waals surface area contributed by atoms with Crippen molar-refractivity contribution in [1.82, 2.24) is 10.1 Å². The zero-order valence-electron chi connectivity index (χ0n) is 14.8. The maximum Gasteiger partial charge on any atom is 0.225 e. The summed E-state index contributed by atoms with van der Waals surface area (Å²) in [7, 11) is 2.01. The van der Waals surface area contributed by atoms with Crippen LogP contribution in [0.1, 0.15) is 54.2 Å². The van der Waals surface area contributed by atoms with Crippen molar-refractivity contribution in [2.45, 2.75) is 51.0 Å². The molecular weight excluding hydrogens is 314 g/mol. The molecule has 5 heteroatoms. The molecule has 2 aliphatic rings. The van der Waals surface area contributed by atoms with Gasteiger partial charge in [-0.05, 0) is 62.4 Å². The Hall–Kier alpha value is -2.14. The summed E-state index contributed by atoms with van der Waals surface area (Å²) in [6.07, 6.45) is 6.42. The summed E-state index contributed by atoms with van der Waals surface area (Å²) in [6.45, 7) is 1.41. The molecule has 4 rings (SSSR count). The van der Waals surface area contributed by atoms with Gasteiger partial charge in [0, 0.05) is 37.2 Å². The Morgan fingerprint density at radius 2 is 2.12 bits per heavy atom. The first-order valence-electron chi connectivity index (χ1n) is 9.23. The van der Waals surface area contributed by atoms with Crippen molar-refractivity contribution in [2.75, 3.05) is 18.9 Å². The third-order valence-corrected chi connectivity index (χ3v) is 5.09. The van der Waals surface area contributed by atoms with E-state index in [1.807, 2.05) is 13.1 Å². The lowest BCUT2D eigenvalue weighted by Gasteiger charge is -2.14. The average molecular weight is 339 g/mol. The summed E-state index contributed by atoms with van der Waals surface area (Å²) in [4.78, 5) is 14.3. The van der Waals surface area contributed by atoms with Crippen LogP contribution in [0.5, 0.6) is 0 Å². The molecule has 0 bridgehead atoms. The van der Waals surface area contributed by atoms with E-state index in [-0.39, 0.29) is 5.91 Å². The second-order valence-corrected chi connectivity index (χ2v) is 7.37. The quantitative estimate of drug-likeness (QED) is 0.839. The maximum absolute atomic E-state index is 12.2. The van der Waals surface area contributed by atoms with Crippen LogP contribution < -0.4 is 5.32 Å². The van der Waals surface area contributed by atoms with E-state index in [1.54, 1.807) is 0 Å². The van der Waals surface area contributed by atoms with Crippen molar-refractivity contribution in [2.24, 2.45) is 0 Å². The summed E-state index contributed by atoms with van der Waals surface area (Å²) in [5, 5.41) is 7.15. The Morgan fingerprint density at radius 3 is 2.96 bits per heavy atom. The van der Waals surface area contributed by atoms with Crippen molar-refractivity contribution in [3.63, 3.8) is 0 Å². The van der Waals surface area contributed by atoms with Gasteiger partial charge in [-0.15, -0.1) is 0 Å². The van der Waals surface area contributed by atoms with Gasteiger partial charge in [0.25, 0.3) is 0 Å². The minimum absolute atomic E-state index is 0.0589. The van der Waals surface area contributed by atoms with E-state index in [9.17, 15) is 4.79 Å². The fourth-order valence-electron chi connectivity index (χ4n) is 3.48. The summed E-state index contributed by atoms with van der Waals surface area (Å²) >= 11 is 0. The zero-order chi connectivity index (χ0) is 17.2. The third-order valence-electron chi connectivity index (χ3n) is 5.09. The number of rotatable bonds is 7. The van der Waals surface area contributed by atoms with Crippen LogP contribution in [-0.2, 0) is 24.2 Å². The molecule has 0 unspecified atom stereocenters. The topological polar surface area (TPSA) is 58.4 Å². The number of aryl methyl sites for hydroxylation is 2. The molecular formula is C20H25N3O2. The van der Waals surface area contributed by atoms with E-state index in [4.69, 9.17) is 4.52 Å². The smallest absolute Gasteiger partial charge is 0.225 e. The van der Waals surface area contributed by atoms with Gasteiger partial charge in [0.2, 0.25) is 5.91 Å². The summed E-state index contributed by atoms with van der Waals surface area (Å²) in [5.41, 5.74) is 4.67. The molecule has 2 aliphatic carbocycles. The van der Waals surface area contributed by atoms with Crippen molar-refractivity contribution >= 4 is 11.6 Å². The highest BCUT2D eigenvalue weighted by atomic mass is 16.5. The predicted octanol–water partition coefficient (Wildman–Crippen LogP) is 3.50. The molecule has 25 heavy (non-hydrogen) atoms. The first-order valence-corrected chi connectivity index (χ1v) is 9.23. The number of benzene rings is 1. The number of nitrogens with zero attached hydrogens (tertiary/aromatic N) is 2. The molecule has 132 valence electrons. The van der Waals surface area contributed by atoms with Crippen LogP contribution in [0.15, 0.2) is 28.8 Å². The second-order valence-electron chi connectivity index (χ2n) is 7.37. The van der Waals surface area contributed by atoms with E-state index in [1.165, 1.54) is 36.8 Å². The maximum atomic E-state index is 12.2. The van der Waals surface area contributed by atoms with Crippen LogP contribution in [-0.4, -0.2) is 29.6 Å². The molecule has 1 amide bonds. The lowest BCUT2D eigenvalue weighted by molar-refractivity contribution is -0.116. The number of aromatic nitrogens is 1. The van der Waals surface area contributed by atoms with Gasteiger partial charge in [0.1, 0.15) is 5.76 Å². The van der Waals surface area contributed by atoms with E-state index >= 15 is 0 Å². The van der Waals surface area contributed by atoms with Gasteiger partial charge in [-0.1, -0.05) is 11.2 Å². The van der Waals surface area contributed by atoms with Crippen LogP contribution >= 0.6 is 0 Å². The Kier molecular flexibility index (Phi) is 4.57. The van der Waals surface area contributed by atoms with Crippen molar-refractivity contribution in [3.8, 4) is 0 Å². The number of fused-ring (bicyclic) bond motifs is 1. The van der Waals surface area contributed by atoms with Crippen LogP contribution in [0.25, 0.3) is 0 Å². The molecule has 1 N–H and O–H groups in total. The minimum Gasteiger partial charge on any atom is -0.361 e. The molecule has 1 aromatic carbocycles. The van der Waals surface area contributed by atoms with Gasteiger partial charge in [-0.25, -0.2) is 0 Å². The van der Waals surface area contributed by atoms with Crippen LogP contribution in [0.2, 0.25) is 0 Å². The predicted molar refractivity (Wildman–Crippen MR) is 96.5 cm³/mol. The first-order chi connectivity index (χ1) is 12.2. The van der Waals surface area contributed by atoms with Crippen LogP contribution in [0, 0.1) is 0 Å². The van der Waals surface area contributed by atoms with E-state index in [2.05, 4.69) is 33.6 Å². The molecule has 2 aromatic rings. The highest BCUT2D eigenvalue weighted by Crippen LogP contribution is 2.40. The average Bonchev–Trinajstić information content (AvgIpc) is 3.16. The minimum atomic E-state index is 0.0589. The number of carbonyl (C=O) groups is 1. The lowest BCUT2D eigenvalue weighted by atomic mass is 10.1. The molecule has 1 fully saturated rings. The number of carbonyl (C=O) groups excluding carboxylic acids is 1. The Bertz CT molecular complexity index is 764. The molecule has 0 radical (unpaired) electrons. The Labute approximate surface area is 148 Å². The highest BCUT2D eigenvalue weighted by Gasteiger charge is 2.27. The third kappa shape index (κ3) is 4.10. The standard InChI is InChI=1S/C20H25N3O2/c1-23(13-18-12-19(25-22-18)15-5-6-15)10-9-20(24)21-17-8-7-14-3-2-4-16(14)11-17/h7-8,11-12,15H,2-6,9-10,13H2,1H3,(H,21,24). The number of anilines is 1. The molecule has 0 aliphatic heterocycles. The molecule has 0 atom stereocenters. The van der Waals surface area contributed by atoms with Crippen molar-refractivity contribution in [3.05, 3.63) is 46.8 Å². The molecule has 0 spiro atoms. The fraction of sp³-hybridized carbons (Fsp3) is 0.500. The van der Waals surface area contributed by atoms with E-state index in [0.29, 0.717) is 25.4 Å². The van der Waals surface area contributed by atoms with Gasteiger partial charge >= 0.3 is 0 Å². The van der Waals surface area contributed by atoms with Gasteiger partial charge < -0.3 is 9.84 Å². The van der Waals surface area contributed by atoms with E-state index in [0.717, 1.165) is 23.6 Å². The summed E-state index contributed by atoms with van der Waals surface area (Å²) < 4.78 is 5.37. The monoisotopic (exact) mass is 339 g/mol. The number of hydrogen-bond acceptors (Lipinski definition) is 4. The molecule has 5 nitrogen and oxygen atoms in total. The molecule has 1 heterocycles. The zero-order valence-corrected chi connectivity index (χ0v) is 14.8. The fourth-order valence-corrected chi connectivity index (χ4v) is 3.48. The van der Waals surface area contributed by atoms with Crippen LogP contribution in [0.3, 0.4) is 0 Å². The lowest BCUT2D eigenvalue weighted by Crippen LogP contribution is -2.24. The Balaban J connectivity index is 1.23. The molecule has 1 saturated carbocycles. The first kappa shape index (κ1) is 16.3. The van der Waals surface area contributed by atoms with Gasteiger partial charge in [-0.3, -0.25) is 9.69 Å². The SMILES string of the molecule is CN(CCC(=O)Nc1ccc2c(c1)CCC2)Cc1cc(C2CC2)on1. The van der Waals surface area contributed by atoms with E-state index < -0.39 is 0 Å². The second kappa shape index (κ2) is 7.00. The normalized spacial score (nSPS) is 16.2. The summed E-state index contributed by atoms with van der Waals surface area (Å²) in [6, 6.07) is 8.34. The van der Waals surface area contributed by atoms with Crippen LogP contribution in [0.4, 0.5) is 5.69 Å². The largest absolute Gasteiger partial charge is 0.361 e. The molecule has 0 saturated heterocycles. The summed E-state index contributed by atoms with van der Waals surface area (Å²) in [5.74, 6) is 1.66. The highest BCUT2D eigenvalue weighted by molar-refractivity contribution is 5.91. The van der Waals surface area contributed by atoms with Gasteiger partial charge in [-0.2, -0.15) is 0 Å². The van der Waals surface area contributed by atoms with Crippen molar-refractivity contribution < 1.29 is 9.32 Å². The Morgan fingerprint density at radius 1 is 1.28 bits per heavy atom.